The minimum atomic E-state index is -0.131. The number of hydrogen-bond donors (Lipinski definition) is 1. The average Bonchev–Trinajstić information content (AvgIpc) is 2.58. The van der Waals surface area contributed by atoms with Crippen LogP contribution in [0.4, 0.5) is 0 Å². The molecule has 0 saturated heterocycles. The molecular weight excluding hydrogens is 286 g/mol. The van der Waals surface area contributed by atoms with Crippen molar-refractivity contribution in [2.45, 2.75) is 32.3 Å². The number of carbonyl (C=O) groups excluding carboxylic acids is 1. The van der Waals surface area contributed by atoms with Crippen LogP contribution in [-0.2, 0) is 9.53 Å². The summed E-state index contributed by atoms with van der Waals surface area (Å²) < 4.78 is 5.57. The molecule has 3 heteroatoms. The zero-order valence-electron chi connectivity index (χ0n) is 14.1. The predicted molar refractivity (Wildman–Crippen MR) is 93.4 cm³/mol. The highest BCUT2D eigenvalue weighted by molar-refractivity contribution is 5.83. The van der Waals surface area contributed by atoms with Crippen LogP contribution in [-0.4, -0.2) is 19.6 Å². The third-order valence-corrected chi connectivity index (χ3v) is 4.21. The third kappa shape index (κ3) is 4.42. The van der Waals surface area contributed by atoms with Crippen LogP contribution in [0.5, 0.6) is 0 Å². The zero-order valence-corrected chi connectivity index (χ0v) is 14.1. The van der Waals surface area contributed by atoms with Gasteiger partial charge in [-0.1, -0.05) is 61.5 Å². The highest BCUT2D eigenvalue weighted by Gasteiger charge is 2.20. The first-order chi connectivity index (χ1) is 11.2. The minimum absolute atomic E-state index is 0.0503. The Morgan fingerprint density at radius 1 is 1.09 bits per heavy atom. The second-order valence-corrected chi connectivity index (χ2v) is 5.70. The largest absolute Gasteiger partial charge is 0.375 e. The minimum Gasteiger partial charge on any atom is -0.375 e. The van der Waals surface area contributed by atoms with Crippen molar-refractivity contribution in [3.05, 3.63) is 71.3 Å². The van der Waals surface area contributed by atoms with E-state index in [1.807, 2.05) is 55.5 Å². The molecule has 0 fully saturated rings. The monoisotopic (exact) mass is 311 g/mol. The van der Waals surface area contributed by atoms with E-state index in [9.17, 15) is 4.79 Å². The molecule has 0 aliphatic rings. The van der Waals surface area contributed by atoms with Gasteiger partial charge in [-0.05, 0) is 30.0 Å². The van der Waals surface area contributed by atoms with Crippen LogP contribution in [0.15, 0.2) is 54.6 Å². The molecule has 0 saturated carbocycles. The molecule has 0 aliphatic carbocycles. The van der Waals surface area contributed by atoms with Gasteiger partial charge < -0.3 is 10.1 Å². The van der Waals surface area contributed by atoms with E-state index in [4.69, 9.17) is 4.74 Å². The van der Waals surface area contributed by atoms with Crippen molar-refractivity contribution in [3.8, 4) is 0 Å². The molecule has 2 atom stereocenters. The van der Waals surface area contributed by atoms with Gasteiger partial charge in [0.1, 0.15) is 0 Å². The van der Waals surface area contributed by atoms with Gasteiger partial charge in [0.2, 0.25) is 5.91 Å². The van der Waals surface area contributed by atoms with Gasteiger partial charge in [-0.2, -0.15) is 0 Å². The quantitative estimate of drug-likeness (QED) is 0.839. The second kappa shape index (κ2) is 8.49. The molecule has 2 aromatic rings. The van der Waals surface area contributed by atoms with Crippen LogP contribution in [0.3, 0.4) is 0 Å². The van der Waals surface area contributed by atoms with Crippen LogP contribution < -0.4 is 5.32 Å². The van der Waals surface area contributed by atoms with E-state index in [1.165, 1.54) is 5.56 Å². The highest BCUT2D eigenvalue weighted by Crippen LogP contribution is 2.22. The Labute approximate surface area is 138 Å². The molecule has 3 nitrogen and oxygen atoms in total. The van der Waals surface area contributed by atoms with E-state index in [0.717, 1.165) is 17.5 Å². The summed E-state index contributed by atoms with van der Waals surface area (Å²) in [6.07, 6.45) is 0.645. The Balaban J connectivity index is 2.03. The summed E-state index contributed by atoms with van der Waals surface area (Å²) in [5, 5.41) is 3.04. The van der Waals surface area contributed by atoms with Gasteiger partial charge in [-0.3, -0.25) is 4.79 Å². The molecule has 2 aromatic carbocycles. The van der Waals surface area contributed by atoms with Crippen LogP contribution in [0.2, 0.25) is 0 Å². The number of hydrogen-bond acceptors (Lipinski definition) is 2. The molecule has 1 N–H and O–H groups in total. The number of benzene rings is 2. The van der Waals surface area contributed by atoms with Gasteiger partial charge in [0, 0.05) is 13.7 Å². The molecule has 0 unspecified atom stereocenters. The van der Waals surface area contributed by atoms with Gasteiger partial charge in [0.05, 0.1) is 12.0 Å². The first kappa shape index (κ1) is 17.2. The molecule has 2 rings (SSSR count). The van der Waals surface area contributed by atoms with E-state index in [2.05, 4.69) is 18.3 Å². The van der Waals surface area contributed by atoms with Gasteiger partial charge in [0.25, 0.3) is 0 Å². The summed E-state index contributed by atoms with van der Waals surface area (Å²) in [5.41, 5.74) is 3.34. The van der Waals surface area contributed by atoms with Gasteiger partial charge >= 0.3 is 0 Å². The Bertz CT molecular complexity index is 625. The third-order valence-electron chi connectivity index (χ3n) is 4.21. The summed E-state index contributed by atoms with van der Waals surface area (Å²) >= 11 is 0. The maximum Gasteiger partial charge on any atom is 0.227 e. The Kier molecular flexibility index (Phi) is 6.36. The summed E-state index contributed by atoms with van der Waals surface area (Å²) in [5.74, 6) is -0.0695. The number of nitrogens with one attached hydrogen (secondary N) is 1. The number of ether oxygens (including phenoxy) is 1. The Morgan fingerprint density at radius 2 is 1.74 bits per heavy atom. The summed E-state index contributed by atoms with van der Waals surface area (Å²) in [6, 6.07) is 18.0. The fourth-order valence-electron chi connectivity index (χ4n) is 2.84. The van der Waals surface area contributed by atoms with E-state index < -0.39 is 0 Å². The average molecular weight is 311 g/mol. The maximum atomic E-state index is 12.5. The van der Waals surface area contributed by atoms with E-state index >= 15 is 0 Å². The van der Waals surface area contributed by atoms with Crippen molar-refractivity contribution < 1.29 is 9.53 Å². The fourth-order valence-corrected chi connectivity index (χ4v) is 2.84. The first-order valence-electron chi connectivity index (χ1n) is 8.08. The van der Waals surface area contributed by atoms with E-state index in [-0.39, 0.29) is 17.9 Å². The van der Waals surface area contributed by atoms with E-state index in [1.54, 1.807) is 7.11 Å². The van der Waals surface area contributed by atoms with Crippen LogP contribution in [0.1, 0.15) is 42.1 Å². The maximum absolute atomic E-state index is 12.5. The lowest BCUT2D eigenvalue weighted by atomic mass is 9.95. The molecule has 0 radical (unpaired) electrons. The van der Waals surface area contributed by atoms with Gasteiger partial charge in [-0.25, -0.2) is 0 Å². The van der Waals surface area contributed by atoms with Gasteiger partial charge in [0.15, 0.2) is 0 Å². The van der Waals surface area contributed by atoms with Crippen LogP contribution in [0, 0.1) is 6.92 Å². The molecule has 0 aliphatic heterocycles. The number of amides is 1. The summed E-state index contributed by atoms with van der Waals surface area (Å²) in [7, 11) is 1.68. The van der Waals surface area contributed by atoms with Crippen molar-refractivity contribution in [2.75, 3.05) is 13.7 Å². The fraction of sp³-hybridized carbons (Fsp3) is 0.350. The van der Waals surface area contributed by atoms with Gasteiger partial charge in [-0.15, -0.1) is 0 Å². The molecule has 0 bridgehead atoms. The Hall–Kier alpha value is -2.13. The van der Waals surface area contributed by atoms with Crippen molar-refractivity contribution in [3.63, 3.8) is 0 Å². The lowest BCUT2D eigenvalue weighted by molar-refractivity contribution is -0.123. The number of rotatable bonds is 7. The second-order valence-electron chi connectivity index (χ2n) is 5.70. The highest BCUT2D eigenvalue weighted by atomic mass is 16.5. The summed E-state index contributed by atoms with van der Waals surface area (Å²) in [6.45, 7) is 4.57. The zero-order chi connectivity index (χ0) is 16.7. The first-order valence-corrected chi connectivity index (χ1v) is 8.08. The van der Waals surface area contributed by atoms with Crippen molar-refractivity contribution in [1.82, 2.24) is 5.32 Å². The molecule has 0 spiro atoms. The predicted octanol–water partition coefficient (Wildman–Crippen LogP) is 3.99. The molecule has 0 aromatic heterocycles. The number of carbonyl (C=O) groups is 1. The van der Waals surface area contributed by atoms with Crippen LogP contribution >= 0.6 is 0 Å². The molecular formula is C20H25NO2. The van der Waals surface area contributed by atoms with E-state index in [0.29, 0.717) is 6.54 Å². The number of methoxy groups -OCH3 is 1. The van der Waals surface area contributed by atoms with Crippen LogP contribution in [0.25, 0.3) is 0 Å². The molecule has 23 heavy (non-hydrogen) atoms. The lowest BCUT2D eigenvalue weighted by Crippen LogP contribution is -2.33. The normalized spacial score (nSPS) is 13.3. The number of aryl methyl sites for hydroxylation is 1. The molecule has 122 valence electrons. The van der Waals surface area contributed by atoms with Crippen molar-refractivity contribution in [2.24, 2.45) is 0 Å². The SMILES string of the molecule is CC[C@H](C(=O)NC[C@@H](OC)c1ccccc1C)c1ccccc1. The summed E-state index contributed by atoms with van der Waals surface area (Å²) in [4.78, 5) is 12.5. The smallest absolute Gasteiger partial charge is 0.227 e. The molecule has 1 amide bonds. The topological polar surface area (TPSA) is 38.3 Å². The van der Waals surface area contributed by atoms with Crippen molar-refractivity contribution in [1.29, 1.82) is 0 Å². The standard InChI is InChI=1S/C20H25NO2/c1-4-17(16-11-6-5-7-12-16)20(22)21-14-19(23-3)18-13-9-8-10-15(18)2/h5-13,17,19H,4,14H2,1-3H3,(H,21,22)/t17-,19+/m0/s1. The Morgan fingerprint density at radius 3 is 2.35 bits per heavy atom. The molecule has 0 heterocycles. The lowest BCUT2D eigenvalue weighted by Gasteiger charge is -2.21. The van der Waals surface area contributed by atoms with Crippen molar-refractivity contribution >= 4 is 5.91 Å².